The van der Waals surface area contributed by atoms with Crippen molar-refractivity contribution < 1.29 is 4.79 Å². The van der Waals surface area contributed by atoms with E-state index in [2.05, 4.69) is 42.7 Å². The van der Waals surface area contributed by atoms with Crippen LogP contribution in [0.15, 0.2) is 30.3 Å². The highest BCUT2D eigenvalue weighted by Gasteiger charge is 2.17. The first kappa shape index (κ1) is 21.2. The highest BCUT2D eigenvalue weighted by atomic mass is 16.2. The summed E-state index contributed by atoms with van der Waals surface area (Å²) in [5, 5.41) is 4.66. The van der Waals surface area contributed by atoms with Gasteiger partial charge in [0.25, 0.3) is 0 Å². The summed E-state index contributed by atoms with van der Waals surface area (Å²) in [7, 11) is 0. The molecule has 5 heteroatoms. The van der Waals surface area contributed by atoms with E-state index in [1.165, 1.54) is 16.8 Å². The van der Waals surface area contributed by atoms with Crippen LogP contribution in [-0.2, 0) is 24.2 Å². The number of hydrogen-bond acceptors (Lipinski definition) is 3. The molecule has 2 N–H and O–H groups in total. The Morgan fingerprint density at radius 1 is 1.15 bits per heavy atom. The summed E-state index contributed by atoms with van der Waals surface area (Å²) < 4.78 is 2.08. The summed E-state index contributed by atoms with van der Waals surface area (Å²) in [6.07, 6.45) is 2.10. The number of amides is 1. The minimum Gasteiger partial charge on any atom is -0.341 e. The fourth-order valence-corrected chi connectivity index (χ4v) is 3.44. The molecular formula is C22H34N4O. The highest BCUT2D eigenvalue weighted by Crippen LogP contribution is 2.17. The topological polar surface area (TPSA) is 64.2 Å². The molecule has 2 aromatic rings. The van der Waals surface area contributed by atoms with E-state index in [1.54, 1.807) is 0 Å². The second kappa shape index (κ2) is 10.3. The van der Waals surface area contributed by atoms with Crippen molar-refractivity contribution >= 4 is 5.91 Å². The van der Waals surface area contributed by atoms with E-state index in [-0.39, 0.29) is 5.91 Å². The molecule has 1 aromatic heterocycles. The molecule has 0 radical (unpaired) electrons. The Hall–Kier alpha value is -2.14. The van der Waals surface area contributed by atoms with Crippen molar-refractivity contribution in [3.63, 3.8) is 0 Å². The lowest BCUT2D eigenvalue weighted by Crippen LogP contribution is -2.37. The van der Waals surface area contributed by atoms with Crippen molar-refractivity contribution in [2.45, 2.75) is 53.5 Å². The van der Waals surface area contributed by atoms with Crippen LogP contribution >= 0.6 is 0 Å². The Labute approximate surface area is 163 Å². The highest BCUT2D eigenvalue weighted by molar-refractivity contribution is 5.76. The fraction of sp³-hybridized carbons (Fsp3) is 0.545. The number of nitrogens with zero attached hydrogens (tertiary/aromatic N) is 3. The molecule has 0 atom stereocenters. The third kappa shape index (κ3) is 6.21. The van der Waals surface area contributed by atoms with Gasteiger partial charge in [0.15, 0.2) is 0 Å². The van der Waals surface area contributed by atoms with Crippen molar-refractivity contribution in [1.82, 2.24) is 14.7 Å². The minimum absolute atomic E-state index is 0.173. The number of carbonyl (C=O) groups excluding carboxylic acids is 1. The van der Waals surface area contributed by atoms with Gasteiger partial charge >= 0.3 is 0 Å². The van der Waals surface area contributed by atoms with Crippen LogP contribution in [0.2, 0.25) is 0 Å². The van der Waals surface area contributed by atoms with Crippen molar-refractivity contribution in [3.05, 3.63) is 52.8 Å². The van der Waals surface area contributed by atoms with Gasteiger partial charge in [-0.1, -0.05) is 44.2 Å². The number of hydrogen-bond donors (Lipinski definition) is 1. The van der Waals surface area contributed by atoms with Crippen molar-refractivity contribution in [1.29, 1.82) is 0 Å². The summed E-state index contributed by atoms with van der Waals surface area (Å²) >= 11 is 0. The molecule has 0 aliphatic rings. The molecular weight excluding hydrogens is 336 g/mol. The lowest BCUT2D eigenvalue weighted by atomic mass is 10.1. The Morgan fingerprint density at radius 3 is 2.48 bits per heavy atom. The van der Waals surface area contributed by atoms with E-state index >= 15 is 0 Å². The predicted octanol–water partition coefficient (Wildman–Crippen LogP) is 3.12. The second-order valence-corrected chi connectivity index (χ2v) is 7.63. The van der Waals surface area contributed by atoms with Gasteiger partial charge in [0, 0.05) is 38.3 Å². The number of rotatable bonds is 10. The number of nitrogens with two attached hydrogens (primary N) is 1. The van der Waals surface area contributed by atoms with Crippen LogP contribution in [0, 0.1) is 19.8 Å². The van der Waals surface area contributed by atoms with Gasteiger partial charge in [-0.3, -0.25) is 9.48 Å². The van der Waals surface area contributed by atoms with Crippen LogP contribution in [0.3, 0.4) is 0 Å². The molecule has 1 heterocycles. The van der Waals surface area contributed by atoms with Crippen LogP contribution in [-0.4, -0.2) is 40.2 Å². The zero-order chi connectivity index (χ0) is 19.8. The van der Waals surface area contributed by atoms with Crippen molar-refractivity contribution in [2.24, 2.45) is 11.7 Å². The summed E-state index contributed by atoms with van der Waals surface area (Å²) in [5.41, 5.74) is 10.4. The van der Waals surface area contributed by atoms with Gasteiger partial charge < -0.3 is 10.6 Å². The molecule has 0 aliphatic carbocycles. The van der Waals surface area contributed by atoms with Gasteiger partial charge in [-0.2, -0.15) is 5.10 Å². The maximum absolute atomic E-state index is 12.8. The summed E-state index contributed by atoms with van der Waals surface area (Å²) in [4.78, 5) is 14.7. The Kier molecular flexibility index (Phi) is 8.04. The molecule has 0 fully saturated rings. The van der Waals surface area contributed by atoms with Crippen LogP contribution < -0.4 is 5.73 Å². The van der Waals surface area contributed by atoms with Gasteiger partial charge in [-0.15, -0.1) is 0 Å². The number of carbonyl (C=O) groups is 1. The Morgan fingerprint density at radius 2 is 1.85 bits per heavy atom. The zero-order valence-electron chi connectivity index (χ0n) is 17.2. The number of aromatic nitrogens is 2. The fourth-order valence-electron chi connectivity index (χ4n) is 3.44. The quantitative estimate of drug-likeness (QED) is 0.699. The minimum atomic E-state index is 0.173. The lowest BCUT2D eigenvalue weighted by molar-refractivity contribution is -0.131. The summed E-state index contributed by atoms with van der Waals surface area (Å²) in [6, 6.07) is 10.3. The van der Waals surface area contributed by atoms with Crippen LogP contribution in [0.25, 0.3) is 0 Å². The number of aryl methyl sites for hydroxylation is 1. The monoisotopic (exact) mass is 370 g/mol. The first-order valence-electron chi connectivity index (χ1n) is 9.97. The summed E-state index contributed by atoms with van der Waals surface area (Å²) in [5.74, 6) is 0.724. The van der Waals surface area contributed by atoms with E-state index in [0.717, 1.165) is 25.1 Å². The molecule has 1 aromatic carbocycles. The molecule has 5 nitrogen and oxygen atoms in total. The van der Waals surface area contributed by atoms with Crippen LogP contribution in [0.4, 0.5) is 0 Å². The van der Waals surface area contributed by atoms with Gasteiger partial charge in [0.2, 0.25) is 5.91 Å². The second-order valence-electron chi connectivity index (χ2n) is 7.63. The molecule has 0 saturated heterocycles. The first-order valence-corrected chi connectivity index (χ1v) is 9.97. The average molecular weight is 371 g/mol. The normalized spacial score (nSPS) is 11.2. The molecule has 0 bridgehead atoms. The average Bonchev–Trinajstić information content (AvgIpc) is 2.90. The van der Waals surface area contributed by atoms with E-state index < -0.39 is 0 Å². The predicted molar refractivity (Wildman–Crippen MR) is 111 cm³/mol. The van der Waals surface area contributed by atoms with Crippen LogP contribution in [0.5, 0.6) is 0 Å². The first-order chi connectivity index (χ1) is 12.9. The largest absolute Gasteiger partial charge is 0.341 e. The number of benzene rings is 1. The van der Waals surface area contributed by atoms with Gasteiger partial charge in [0.05, 0.1) is 5.69 Å². The lowest BCUT2D eigenvalue weighted by Gasteiger charge is -2.22. The van der Waals surface area contributed by atoms with Crippen molar-refractivity contribution in [3.8, 4) is 0 Å². The molecule has 0 unspecified atom stereocenters. The van der Waals surface area contributed by atoms with Crippen LogP contribution in [0.1, 0.15) is 42.8 Å². The third-order valence-electron chi connectivity index (χ3n) is 4.92. The SMILES string of the molecule is Cc1nn(CC(C)C)c(C)c1CCC(=O)N(CCN)CCc1ccccc1. The maximum Gasteiger partial charge on any atom is 0.222 e. The zero-order valence-corrected chi connectivity index (χ0v) is 17.2. The molecule has 0 aliphatic heterocycles. The molecule has 2 rings (SSSR count). The maximum atomic E-state index is 12.8. The van der Waals surface area contributed by atoms with E-state index in [9.17, 15) is 4.79 Å². The molecule has 1 amide bonds. The molecule has 27 heavy (non-hydrogen) atoms. The standard InChI is InChI=1S/C22H34N4O/c1-17(2)16-26-19(4)21(18(3)24-26)10-11-22(27)25(15-13-23)14-12-20-8-6-5-7-9-20/h5-9,17H,10-16,23H2,1-4H3. The molecule has 0 saturated carbocycles. The van der Waals surface area contributed by atoms with Gasteiger partial charge in [-0.05, 0) is 43.7 Å². The van der Waals surface area contributed by atoms with Crippen molar-refractivity contribution in [2.75, 3.05) is 19.6 Å². The Balaban J connectivity index is 1.96. The Bertz CT molecular complexity index is 721. The smallest absolute Gasteiger partial charge is 0.222 e. The van der Waals surface area contributed by atoms with Gasteiger partial charge in [-0.25, -0.2) is 0 Å². The van der Waals surface area contributed by atoms with E-state index in [4.69, 9.17) is 5.73 Å². The van der Waals surface area contributed by atoms with Gasteiger partial charge in [0.1, 0.15) is 0 Å². The summed E-state index contributed by atoms with van der Waals surface area (Å²) in [6.45, 7) is 11.3. The molecule has 148 valence electrons. The third-order valence-corrected chi connectivity index (χ3v) is 4.92. The van der Waals surface area contributed by atoms with E-state index in [1.807, 2.05) is 30.0 Å². The molecule has 0 spiro atoms. The van der Waals surface area contributed by atoms with E-state index in [0.29, 0.717) is 32.0 Å².